The maximum Gasteiger partial charge on any atom is 0.0412 e. The highest BCUT2D eigenvalue weighted by molar-refractivity contribution is 6.55. The van der Waals surface area contributed by atoms with Crippen LogP contribution in [0.1, 0.15) is 28.0 Å². The summed E-state index contributed by atoms with van der Waals surface area (Å²) in [5.74, 6) is 0. The van der Waals surface area contributed by atoms with E-state index >= 15 is 0 Å². The Hall–Kier alpha value is 0.217. The second kappa shape index (κ2) is 4.38. The third-order valence-electron chi connectivity index (χ3n) is 0.780. The summed E-state index contributed by atoms with van der Waals surface area (Å²) in [6.07, 6.45) is 1.55. The first-order valence-electron chi connectivity index (χ1n) is 5.56. The predicted molar refractivity (Wildman–Crippen MR) is 37.2 cm³/mol. The van der Waals surface area contributed by atoms with Gasteiger partial charge in [-0.3, -0.25) is 0 Å². The highest BCUT2D eigenvalue weighted by atomic mass is 28.3. The Labute approximate surface area is 57.0 Å². The number of hydrogen-bond donors (Lipinski definition) is 0. The van der Waals surface area contributed by atoms with E-state index in [4.69, 9.17) is 8.22 Å². The molecule has 0 aliphatic heterocycles. The largest absolute Gasteiger partial charge is 0.0713 e. The molecular weight excluding hydrogens is 100 g/mol. The lowest BCUT2D eigenvalue weighted by Gasteiger charge is -1.96. The van der Waals surface area contributed by atoms with Gasteiger partial charge in [-0.2, -0.15) is 0 Å². The van der Waals surface area contributed by atoms with Crippen LogP contribution in [0.25, 0.3) is 0 Å². The number of rotatable bonds is 3. The van der Waals surface area contributed by atoms with Crippen molar-refractivity contribution in [1.29, 1.82) is 0 Å². The van der Waals surface area contributed by atoms with Gasteiger partial charge < -0.3 is 0 Å². The standard InChI is InChI=1S/C6H15Si/c1-4-5-6-7(2)3/h4-6H2,1-3H3/i2D3,3D3. The molecule has 0 rings (SSSR count). The average Bonchev–Trinajstić information content (AvgIpc) is 1.81. The summed E-state index contributed by atoms with van der Waals surface area (Å²) in [6.45, 7) is -2.59. The van der Waals surface area contributed by atoms with Crippen molar-refractivity contribution in [3.8, 4) is 0 Å². The van der Waals surface area contributed by atoms with Crippen molar-refractivity contribution in [3.63, 3.8) is 0 Å². The van der Waals surface area contributed by atoms with Crippen molar-refractivity contribution in [3.05, 3.63) is 0 Å². The SMILES string of the molecule is [2H]C([2H])([2H])[Si](CCCC)C([2H])([2H])[2H]. The molecule has 0 fully saturated rings. The van der Waals surface area contributed by atoms with Crippen LogP contribution >= 0.6 is 0 Å². The van der Waals surface area contributed by atoms with E-state index in [1.54, 1.807) is 0 Å². The number of hydrogen-bond acceptors (Lipinski definition) is 0. The fraction of sp³-hybridized carbons (Fsp3) is 1.00. The lowest BCUT2D eigenvalue weighted by molar-refractivity contribution is 0.875. The van der Waals surface area contributed by atoms with Crippen LogP contribution in [0.15, 0.2) is 0 Å². The third-order valence-corrected chi connectivity index (χ3v) is 1.63. The molecule has 0 bridgehead atoms. The van der Waals surface area contributed by atoms with E-state index in [-0.39, 0.29) is 0 Å². The molecule has 0 saturated heterocycles. The molecule has 0 nitrogen and oxygen atoms in total. The van der Waals surface area contributed by atoms with Gasteiger partial charge in [-0.25, -0.2) is 0 Å². The first-order chi connectivity index (χ1) is 5.69. The molecule has 0 N–H and O–H groups in total. The molecule has 0 aliphatic carbocycles. The Bertz CT molecular complexity index is 134. The summed E-state index contributed by atoms with van der Waals surface area (Å²) >= 11 is 0. The summed E-state index contributed by atoms with van der Waals surface area (Å²) in [4.78, 5) is 0. The molecular formula is C6H15Si. The molecule has 0 atom stereocenters. The van der Waals surface area contributed by atoms with Gasteiger partial charge in [0.1, 0.15) is 0 Å². The molecule has 43 valence electrons. The van der Waals surface area contributed by atoms with E-state index in [1.165, 1.54) is 0 Å². The zero-order valence-electron chi connectivity index (χ0n) is 10.6. The fourth-order valence-electron chi connectivity index (χ4n) is 0.354. The Morgan fingerprint density at radius 2 is 2.29 bits per heavy atom. The molecule has 0 aromatic heterocycles. The maximum absolute atomic E-state index is 7.14. The van der Waals surface area contributed by atoms with Crippen LogP contribution in [0.5, 0.6) is 0 Å². The van der Waals surface area contributed by atoms with Crippen LogP contribution in [-0.4, -0.2) is 8.80 Å². The Kier molecular flexibility index (Phi) is 1.17. The maximum atomic E-state index is 7.14. The molecule has 0 unspecified atom stereocenters. The lowest BCUT2D eigenvalue weighted by atomic mass is 10.4. The molecule has 0 amide bonds. The molecule has 0 aromatic carbocycles. The van der Waals surface area contributed by atoms with E-state index < -0.39 is 21.7 Å². The second-order valence-corrected chi connectivity index (χ2v) is 3.04. The quantitative estimate of drug-likeness (QED) is 0.503. The molecule has 0 aromatic rings. The summed E-state index contributed by atoms with van der Waals surface area (Å²) in [6, 6.07) is 0.355. The zero-order valence-corrected chi connectivity index (χ0v) is 5.62. The van der Waals surface area contributed by atoms with Crippen molar-refractivity contribution in [2.24, 2.45) is 0 Å². The molecule has 0 aliphatic rings. The fourth-order valence-corrected chi connectivity index (χ4v) is 1.06. The molecule has 0 saturated carbocycles. The van der Waals surface area contributed by atoms with Gasteiger partial charge in [0.25, 0.3) is 0 Å². The van der Waals surface area contributed by atoms with Crippen molar-refractivity contribution in [1.82, 2.24) is 0 Å². The van der Waals surface area contributed by atoms with E-state index in [2.05, 4.69) is 0 Å². The van der Waals surface area contributed by atoms with Crippen molar-refractivity contribution in [2.75, 3.05) is 0 Å². The monoisotopic (exact) mass is 121 g/mol. The lowest BCUT2D eigenvalue weighted by Crippen LogP contribution is -1.96. The Morgan fingerprint density at radius 3 is 2.71 bits per heavy atom. The highest BCUT2D eigenvalue weighted by Gasteiger charge is 1.91. The van der Waals surface area contributed by atoms with Crippen molar-refractivity contribution in [2.45, 2.75) is 38.8 Å². The van der Waals surface area contributed by atoms with Gasteiger partial charge in [0.2, 0.25) is 0 Å². The van der Waals surface area contributed by atoms with Gasteiger partial charge in [-0.1, -0.05) is 38.8 Å². The Morgan fingerprint density at radius 1 is 1.57 bits per heavy atom. The summed E-state index contributed by atoms with van der Waals surface area (Å²) in [5, 5.41) is 0. The molecule has 7 heavy (non-hydrogen) atoms. The zero-order chi connectivity index (χ0) is 10.7. The average molecular weight is 121 g/mol. The highest BCUT2D eigenvalue weighted by Crippen LogP contribution is 1.98. The minimum Gasteiger partial charge on any atom is -0.0713 e. The van der Waals surface area contributed by atoms with Crippen molar-refractivity contribution < 1.29 is 8.22 Å². The minimum absolute atomic E-state index is 0.355. The van der Waals surface area contributed by atoms with Crippen LogP contribution in [-0.2, 0) is 0 Å². The smallest absolute Gasteiger partial charge is 0.0412 e. The van der Waals surface area contributed by atoms with Crippen LogP contribution in [0.4, 0.5) is 0 Å². The van der Waals surface area contributed by atoms with Gasteiger partial charge in [0.05, 0.1) is 0 Å². The Balaban J connectivity index is 4.39. The van der Waals surface area contributed by atoms with Gasteiger partial charge in [0.15, 0.2) is 0 Å². The molecule has 1 radical (unpaired) electrons. The molecule has 1 heteroatoms. The first-order valence-corrected chi connectivity index (χ1v) is 4.27. The van der Waals surface area contributed by atoms with E-state index in [0.29, 0.717) is 12.5 Å². The van der Waals surface area contributed by atoms with Gasteiger partial charge in [0, 0.05) is 17.0 Å². The van der Waals surface area contributed by atoms with Crippen LogP contribution in [0, 0.1) is 0 Å². The summed E-state index contributed by atoms with van der Waals surface area (Å²) < 4.78 is 42.9. The first kappa shape index (κ1) is 1.87. The topological polar surface area (TPSA) is 0 Å². The molecule has 0 heterocycles. The van der Waals surface area contributed by atoms with Gasteiger partial charge in [-0.05, 0) is 0 Å². The molecule has 0 spiro atoms. The van der Waals surface area contributed by atoms with Crippen LogP contribution < -0.4 is 0 Å². The number of unbranched alkanes of at least 4 members (excludes halogenated alkanes) is 1. The van der Waals surface area contributed by atoms with Crippen molar-refractivity contribution >= 4 is 8.80 Å². The van der Waals surface area contributed by atoms with E-state index in [1.807, 2.05) is 6.92 Å². The summed E-state index contributed by atoms with van der Waals surface area (Å²) in [7, 11) is -2.24. The summed E-state index contributed by atoms with van der Waals surface area (Å²) in [5.41, 5.74) is 0. The predicted octanol–water partition coefficient (Wildman–Crippen LogP) is 2.54. The van der Waals surface area contributed by atoms with Gasteiger partial charge >= 0.3 is 0 Å². The van der Waals surface area contributed by atoms with Gasteiger partial charge in [-0.15, -0.1) is 0 Å². The second-order valence-electron chi connectivity index (χ2n) is 1.58. The van der Waals surface area contributed by atoms with E-state index in [9.17, 15) is 0 Å². The van der Waals surface area contributed by atoms with Crippen LogP contribution in [0.3, 0.4) is 0 Å². The van der Waals surface area contributed by atoms with E-state index in [0.717, 1.165) is 6.42 Å². The van der Waals surface area contributed by atoms with Crippen LogP contribution in [0.2, 0.25) is 19.0 Å². The minimum atomic E-state index is -2.26. The normalized spacial score (nSPS) is 26.6. The third kappa shape index (κ3) is 6.22.